The summed E-state index contributed by atoms with van der Waals surface area (Å²) < 4.78 is 59.2. The molecule has 0 spiro atoms. The molecule has 0 saturated heterocycles. The first kappa shape index (κ1) is 96.4. The predicted octanol–water partition coefficient (Wildman–Crippen LogP) is 24.1. The first-order valence-corrected chi connectivity index (χ1v) is 47.3. The van der Waals surface area contributed by atoms with Crippen LogP contribution in [0.5, 0.6) is 0 Å². The van der Waals surface area contributed by atoms with Crippen LogP contribution in [0, 0.1) is 48.4 Å². The Morgan fingerprint density at radius 2 is 0.351 bits per heavy atom. The van der Waals surface area contributed by atoms with Gasteiger partial charge in [-0.1, -0.05) is 416 Å². The van der Waals surface area contributed by atoms with E-state index in [1.165, 1.54) is 133 Å². The topological polar surface area (TPSA) is 0 Å². The molecule has 0 radical (unpaired) electrons. The second-order valence-corrected chi connectivity index (χ2v) is 41.1. The van der Waals surface area contributed by atoms with Gasteiger partial charge in [0.2, 0.25) is 0 Å². The van der Waals surface area contributed by atoms with E-state index in [0.717, 1.165) is 12.8 Å². The maximum absolute atomic E-state index is 10.7. The van der Waals surface area contributed by atoms with E-state index in [1.54, 1.807) is 0 Å². The van der Waals surface area contributed by atoms with Crippen molar-refractivity contribution in [3.8, 4) is 35.5 Å². The van der Waals surface area contributed by atoms with Crippen LogP contribution in [0.25, 0.3) is 0 Å². The second-order valence-electron chi connectivity index (χ2n) is 24.5. The van der Waals surface area contributed by atoms with Gasteiger partial charge in [-0.05, 0) is 137 Å². The van der Waals surface area contributed by atoms with E-state index >= 15 is 0 Å². The van der Waals surface area contributed by atoms with Crippen molar-refractivity contribution in [2.24, 2.45) is 0 Å². The summed E-state index contributed by atoms with van der Waals surface area (Å²) in [5.74, 6) is 18.3. The molecule has 0 fully saturated rings. The van der Waals surface area contributed by atoms with Gasteiger partial charge in [-0.2, -0.15) is 0 Å². The fourth-order valence-corrected chi connectivity index (χ4v) is 30.5. The Labute approximate surface area is 697 Å². The van der Waals surface area contributed by atoms with Crippen LogP contribution in [-0.4, -0.2) is 17.7 Å². The van der Waals surface area contributed by atoms with Crippen molar-refractivity contribution in [3.05, 3.63) is 377 Å². The molecule has 0 aromatic heterocycles. The van der Waals surface area contributed by atoms with Gasteiger partial charge >= 0.3 is 84.2 Å². The maximum atomic E-state index is 9.87. The van der Waals surface area contributed by atoms with Crippen LogP contribution < -0.4 is 63.7 Å². The van der Waals surface area contributed by atoms with Gasteiger partial charge in [-0.15, -0.1) is 0 Å². The van der Waals surface area contributed by atoms with Crippen LogP contribution in [0.1, 0.15) is 78.1 Å². The van der Waals surface area contributed by atoms with E-state index in [4.69, 9.17) is 12.8 Å². The van der Waals surface area contributed by atoms with Crippen LogP contribution in [0.2, 0.25) is 0 Å². The van der Waals surface area contributed by atoms with Gasteiger partial charge in [0.15, 0.2) is 0 Å². The number of hydrogen-bond acceptors (Lipinski definition) is 0. The molecule has 12 rings (SSSR count). The summed E-state index contributed by atoms with van der Waals surface area (Å²) in [4.78, 5) is 0. The summed E-state index contributed by atoms with van der Waals surface area (Å²) in [6.45, 7) is 4.38. The molecule has 12 aromatic carbocycles. The summed E-state index contributed by atoms with van der Waals surface area (Å²) in [6, 6.07) is 132. The van der Waals surface area contributed by atoms with E-state index < -0.39 is 55.3 Å². The van der Waals surface area contributed by atoms with Crippen molar-refractivity contribution in [2.75, 3.05) is 17.7 Å². The molecule has 0 amide bonds. The number of hydrogen-bond donors (Lipinski definition) is 0. The molecule has 0 aliphatic carbocycles. The largest absolute Gasteiger partial charge is 1.00 e. The summed E-state index contributed by atoms with van der Waals surface area (Å²) in [7, 11) is -13.1. The fourth-order valence-electron chi connectivity index (χ4n) is 11.1. The van der Waals surface area contributed by atoms with E-state index in [1.807, 2.05) is 11.8 Å². The van der Waals surface area contributed by atoms with Gasteiger partial charge in [0.1, 0.15) is 0 Å². The number of unbranched alkanes of at least 4 members (excludes halogenated alkanes) is 8. The van der Waals surface area contributed by atoms with Gasteiger partial charge in [-0.3, -0.25) is 23.7 Å². The quantitative estimate of drug-likeness (QED) is 0.0127. The third-order valence-corrected chi connectivity index (χ3v) is 34.1. The normalized spacial score (nSPS) is 10.9. The summed E-state index contributed by atoms with van der Waals surface area (Å²) >= 11 is 0. The van der Waals surface area contributed by atoms with E-state index in [2.05, 4.69) is 402 Å². The van der Waals surface area contributed by atoms with Crippen LogP contribution >= 0.6 is 55.3 Å². The average molecular weight is 1760 g/mol. The first-order valence-electron chi connectivity index (χ1n) is 36.1. The zero-order chi connectivity index (χ0) is 76.7. The van der Waals surface area contributed by atoms with Gasteiger partial charge in [0.05, 0.1) is 0 Å². The molecule has 0 aliphatic heterocycles. The molecular weight excluding hydrogens is 1660 g/mol. The Balaban J connectivity index is 0.000000298. The van der Waals surface area contributed by atoms with Gasteiger partial charge in [0, 0.05) is 17.7 Å². The summed E-state index contributed by atoms with van der Waals surface area (Å²) in [5, 5.41) is 17.5. The standard InChI is InChI=1S/3C25H22P2.2C10H13.3Cu.F6P/c3*1-5-13-22(14-6-1)26(23-15-7-2-8-16-23)21-27(24-17-9-3-10-18-24)25-19-11-4-12-20-25;2*1-3-5-7-9-10-8-6-4-2;;;;1-7(2,3,4,5)6/h3*1-20H,21H2;2*3,5,7,9-10H2,1H3;;;;/q;;;2*-1;3*+1;-1. The minimum Gasteiger partial charge on any atom is -0.358 e. The monoisotopic (exact) mass is 1750 g/mol. The molecule has 0 heterocycles. The molecule has 0 aliphatic rings. The minimum atomic E-state index is -10.7. The molecule has 0 unspecified atom stereocenters. The molecule has 0 atom stereocenters. The van der Waals surface area contributed by atoms with Gasteiger partial charge < -0.3 is 12.8 Å². The van der Waals surface area contributed by atoms with E-state index in [9.17, 15) is 25.2 Å². The molecule has 0 N–H and O–H groups in total. The molecule has 0 bridgehead atoms. The van der Waals surface area contributed by atoms with Crippen molar-refractivity contribution in [1.82, 2.24) is 0 Å². The average Bonchev–Trinajstić information content (AvgIpc) is 0.797. The Morgan fingerprint density at radius 3 is 0.459 bits per heavy atom. The van der Waals surface area contributed by atoms with Crippen molar-refractivity contribution in [3.63, 3.8) is 0 Å². The molecule has 0 saturated carbocycles. The maximum Gasteiger partial charge on any atom is 1.00 e. The van der Waals surface area contributed by atoms with Gasteiger partial charge in [0.25, 0.3) is 0 Å². The molecule has 0 nitrogen and oxygen atoms in total. The summed E-state index contributed by atoms with van der Waals surface area (Å²) in [6.07, 6.45) is 24.8. The SMILES string of the molecule is F[P-](F)(F)(F)(F)F.[C-]#CC#CCCCCCC.[C-]#CC#CCCCCCC.[Cu+].[Cu+].[Cu+].c1ccc(P(CP(c2ccccc2)c2ccccc2)c2ccccc2)cc1.c1ccc(P(CP(c2ccccc2)c2ccccc2)c2ccccc2)cc1.c1ccc(P(CP(c2ccccc2)c2ccccc2)c2ccccc2)cc1. The number of rotatable bonds is 26. The Morgan fingerprint density at radius 1 is 0.225 bits per heavy atom. The van der Waals surface area contributed by atoms with Crippen LogP contribution in [0.15, 0.2) is 364 Å². The number of benzene rings is 12. The van der Waals surface area contributed by atoms with Crippen molar-refractivity contribution >= 4 is 119 Å². The second kappa shape index (κ2) is 53.9. The van der Waals surface area contributed by atoms with Gasteiger partial charge in [-0.25, -0.2) is 11.8 Å². The van der Waals surface area contributed by atoms with Crippen LogP contribution in [0.4, 0.5) is 25.2 Å². The zero-order valence-electron chi connectivity index (χ0n) is 62.1. The predicted molar refractivity (Wildman–Crippen MR) is 470 cm³/mol. The smallest absolute Gasteiger partial charge is 0.358 e. The first-order chi connectivity index (χ1) is 52.5. The molecule has 12 aromatic rings. The Kier molecular flexibility index (Phi) is 46.8. The van der Waals surface area contributed by atoms with Crippen molar-refractivity contribution in [1.29, 1.82) is 0 Å². The van der Waals surface area contributed by atoms with E-state index in [-0.39, 0.29) is 51.2 Å². The van der Waals surface area contributed by atoms with Crippen molar-refractivity contribution < 1.29 is 76.4 Å². The minimum absolute atomic E-state index is 0. The third-order valence-electron chi connectivity index (χ3n) is 16.3. The molecule has 582 valence electrons. The summed E-state index contributed by atoms with van der Waals surface area (Å²) in [5.41, 5.74) is 0. The van der Waals surface area contributed by atoms with Crippen molar-refractivity contribution in [2.45, 2.75) is 78.1 Å². The molecule has 111 heavy (non-hydrogen) atoms. The van der Waals surface area contributed by atoms with Crippen LogP contribution in [-0.2, 0) is 51.2 Å². The Bertz CT molecular complexity index is 3690. The number of halogens is 6. The van der Waals surface area contributed by atoms with E-state index in [0.29, 0.717) is 0 Å². The molecular formula is C95H92Cu3F6P7. The fraction of sp³-hybridized carbons (Fsp3) is 0.158. The zero-order valence-corrected chi connectivity index (χ0v) is 71.2. The Hall–Kier alpha value is -6.97. The van der Waals surface area contributed by atoms with Crippen LogP contribution in [0.3, 0.4) is 0 Å². The third kappa shape index (κ3) is 39.6. The molecule has 16 heteroatoms.